The molecule has 3 heteroatoms. The van der Waals surface area contributed by atoms with Gasteiger partial charge in [-0.25, -0.2) is 0 Å². The van der Waals surface area contributed by atoms with Gasteiger partial charge in [0.25, 0.3) is 0 Å². The summed E-state index contributed by atoms with van der Waals surface area (Å²) in [6.07, 6.45) is 2.44. The number of aryl methyl sites for hydroxylation is 1. The van der Waals surface area contributed by atoms with Crippen molar-refractivity contribution in [2.24, 2.45) is 0 Å². The molecule has 100 valence electrons. The Bertz CT molecular complexity index is 367. The van der Waals surface area contributed by atoms with E-state index in [4.69, 9.17) is 9.47 Å². The average molecular weight is 249 g/mol. The van der Waals surface area contributed by atoms with Crippen molar-refractivity contribution in [3.8, 4) is 0 Å². The molecule has 18 heavy (non-hydrogen) atoms. The third-order valence-electron chi connectivity index (χ3n) is 3.53. The van der Waals surface area contributed by atoms with Crippen LogP contribution >= 0.6 is 0 Å². The van der Waals surface area contributed by atoms with Crippen LogP contribution in [0.3, 0.4) is 0 Å². The minimum Gasteiger partial charge on any atom is -0.379 e. The number of hydrogen-bond donors (Lipinski definition) is 1. The normalized spacial score (nSPS) is 22.8. The average Bonchev–Trinajstić information content (AvgIpc) is 2.43. The van der Waals surface area contributed by atoms with Crippen LogP contribution in [-0.2, 0) is 15.9 Å². The van der Waals surface area contributed by atoms with Gasteiger partial charge >= 0.3 is 0 Å². The second kappa shape index (κ2) is 6.88. The van der Waals surface area contributed by atoms with E-state index in [9.17, 15) is 0 Å². The van der Waals surface area contributed by atoms with Gasteiger partial charge in [0.1, 0.15) is 0 Å². The van der Waals surface area contributed by atoms with Gasteiger partial charge in [0.2, 0.25) is 0 Å². The molecular formula is C15H23NO2. The van der Waals surface area contributed by atoms with E-state index in [1.54, 1.807) is 0 Å². The molecule has 0 heterocycles. The molecule has 1 aromatic rings. The Labute approximate surface area is 109 Å². The van der Waals surface area contributed by atoms with Gasteiger partial charge in [-0.1, -0.05) is 24.3 Å². The molecule has 1 aromatic carbocycles. The molecule has 0 fully saturated rings. The van der Waals surface area contributed by atoms with Crippen LogP contribution in [0.5, 0.6) is 0 Å². The molecule has 0 amide bonds. The molecule has 0 spiro atoms. The van der Waals surface area contributed by atoms with Crippen LogP contribution in [0.1, 0.15) is 30.5 Å². The fraction of sp³-hybridized carbons (Fsp3) is 0.600. The number of ether oxygens (including phenoxy) is 2. The lowest BCUT2D eigenvalue weighted by molar-refractivity contribution is -0.0157. The lowest BCUT2D eigenvalue weighted by Crippen LogP contribution is -2.36. The first-order valence-electron chi connectivity index (χ1n) is 6.81. The molecule has 1 aliphatic rings. The molecule has 0 aliphatic heterocycles. The number of nitrogens with one attached hydrogen (secondary N) is 1. The molecule has 0 bridgehead atoms. The van der Waals surface area contributed by atoms with Gasteiger partial charge in [0.05, 0.1) is 25.4 Å². The van der Waals surface area contributed by atoms with Gasteiger partial charge in [0.15, 0.2) is 0 Å². The van der Waals surface area contributed by atoms with E-state index in [-0.39, 0.29) is 6.10 Å². The van der Waals surface area contributed by atoms with E-state index in [0.717, 1.165) is 19.4 Å². The Balaban J connectivity index is 1.97. The molecule has 0 saturated carbocycles. The molecule has 2 atom stereocenters. The number of likely N-dealkylation sites (N-methyl/N-ethyl adjacent to an activating group) is 1. The molecule has 0 radical (unpaired) electrons. The zero-order valence-electron chi connectivity index (χ0n) is 11.3. The standard InChI is InChI=1S/C15H23NO2/c1-3-17-10-11-18-14-9-8-12-6-4-5-7-13(12)15(14)16-2/h4-7,14-16H,3,8-11H2,1-2H3. The fourth-order valence-corrected chi connectivity index (χ4v) is 2.65. The minimum absolute atomic E-state index is 0.255. The summed E-state index contributed by atoms with van der Waals surface area (Å²) in [5.74, 6) is 0. The monoisotopic (exact) mass is 249 g/mol. The predicted octanol–water partition coefficient (Wildman–Crippen LogP) is 2.32. The van der Waals surface area contributed by atoms with Crippen molar-refractivity contribution in [3.05, 3.63) is 35.4 Å². The summed E-state index contributed by atoms with van der Waals surface area (Å²) in [5, 5.41) is 3.39. The lowest BCUT2D eigenvalue weighted by Gasteiger charge is -2.33. The van der Waals surface area contributed by atoms with Crippen molar-refractivity contribution in [3.63, 3.8) is 0 Å². The van der Waals surface area contributed by atoms with Crippen molar-refractivity contribution < 1.29 is 9.47 Å². The van der Waals surface area contributed by atoms with Crippen molar-refractivity contribution >= 4 is 0 Å². The maximum atomic E-state index is 5.96. The van der Waals surface area contributed by atoms with Gasteiger partial charge in [-0.2, -0.15) is 0 Å². The Kier molecular flexibility index (Phi) is 5.17. The van der Waals surface area contributed by atoms with Gasteiger partial charge < -0.3 is 14.8 Å². The summed E-state index contributed by atoms with van der Waals surface area (Å²) in [5.41, 5.74) is 2.83. The van der Waals surface area contributed by atoms with E-state index in [0.29, 0.717) is 19.3 Å². The van der Waals surface area contributed by atoms with Crippen LogP contribution in [0, 0.1) is 0 Å². The van der Waals surface area contributed by atoms with E-state index < -0.39 is 0 Å². The highest BCUT2D eigenvalue weighted by Crippen LogP contribution is 2.31. The summed E-state index contributed by atoms with van der Waals surface area (Å²) in [6.45, 7) is 4.13. The van der Waals surface area contributed by atoms with E-state index in [1.165, 1.54) is 11.1 Å². The zero-order valence-corrected chi connectivity index (χ0v) is 11.3. The number of hydrogen-bond acceptors (Lipinski definition) is 3. The Hall–Kier alpha value is -0.900. The molecule has 3 nitrogen and oxygen atoms in total. The summed E-state index contributed by atoms with van der Waals surface area (Å²) in [7, 11) is 2.01. The first-order chi connectivity index (χ1) is 8.86. The maximum Gasteiger partial charge on any atom is 0.0774 e. The van der Waals surface area contributed by atoms with Crippen molar-refractivity contribution in [2.45, 2.75) is 31.9 Å². The molecule has 0 aromatic heterocycles. The minimum atomic E-state index is 0.255. The topological polar surface area (TPSA) is 30.5 Å². The molecular weight excluding hydrogens is 226 g/mol. The number of fused-ring (bicyclic) bond motifs is 1. The largest absolute Gasteiger partial charge is 0.379 e. The Morgan fingerprint density at radius 2 is 2.11 bits per heavy atom. The first-order valence-corrected chi connectivity index (χ1v) is 6.81. The van der Waals surface area contributed by atoms with Crippen molar-refractivity contribution in [1.82, 2.24) is 5.32 Å². The molecule has 0 saturated heterocycles. The van der Waals surface area contributed by atoms with Crippen molar-refractivity contribution in [2.75, 3.05) is 26.9 Å². The Morgan fingerprint density at radius 3 is 2.89 bits per heavy atom. The summed E-state index contributed by atoms with van der Waals surface area (Å²) in [4.78, 5) is 0. The maximum absolute atomic E-state index is 5.96. The quantitative estimate of drug-likeness (QED) is 0.785. The number of rotatable bonds is 6. The van der Waals surface area contributed by atoms with Gasteiger partial charge in [-0.3, -0.25) is 0 Å². The zero-order chi connectivity index (χ0) is 12.8. The molecule has 1 aliphatic carbocycles. The molecule has 2 unspecified atom stereocenters. The van der Waals surface area contributed by atoms with Crippen LogP contribution in [0.4, 0.5) is 0 Å². The Morgan fingerprint density at radius 1 is 1.28 bits per heavy atom. The van der Waals surface area contributed by atoms with Gasteiger partial charge in [-0.15, -0.1) is 0 Å². The molecule has 2 rings (SSSR count). The SMILES string of the molecule is CCOCCOC1CCc2ccccc2C1NC. The van der Waals surface area contributed by atoms with Crippen LogP contribution in [0.2, 0.25) is 0 Å². The fourth-order valence-electron chi connectivity index (χ4n) is 2.65. The summed E-state index contributed by atoms with van der Waals surface area (Å²) < 4.78 is 11.3. The highest BCUT2D eigenvalue weighted by atomic mass is 16.5. The van der Waals surface area contributed by atoms with Crippen LogP contribution in [-0.4, -0.2) is 33.0 Å². The second-order valence-corrected chi connectivity index (χ2v) is 4.61. The van der Waals surface area contributed by atoms with Crippen LogP contribution < -0.4 is 5.32 Å². The predicted molar refractivity (Wildman–Crippen MR) is 72.8 cm³/mol. The second-order valence-electron chi connectivity index (χ2n) is 4.61. The number of benzene rings is 1. The smallest absolute Gasteiger partial charge is 0.0774 e. The lowest BCUT2D eigenvalue weighted by atomic mass is 9.85. The van der Waals surface area contributed by atoms with Gasteiger partial charge in [-0.05, 0) is 37.9 Å². The molecule has 1 N–H and O–H groups in total. The first kappa shape index (κ1) is 13.5. The van der Waals surface area contributed by atoms with Crippen molar-refractivity contribution in [1.29, 1.82) is 0 Å². The van der Waals surface area contributed by atoms with E-state index in [1.807, 2.05) is 14.0 Å². The highest BCUT2D eigenvalue weighted by Gasteiger charge is 2.28. The summed E-state index contributed by atoms with van der Waals surface area (Å²) in [6, 6.07) is 8.94. The third kappa shape index (κ3) is 3.10. The van der Waals surface area contributed by atoms with Crippen LogP contribution in [0.15, 0.2) is 24.3 Å². The van der Waals surface area contributed by atoms with E-state index >= 15 is 0 Å². The highest BCUT2D eigenvalue weighted by molar-refractivity contribution is 5.33. The van der Waals surface area contributed by atoms with Gasteiger partial charge in [0, 0.05) is 6.61 Å². The third-order valence-corrected chi connectivity index (χ3v) is 3.53. The van der Waals surface area contributed by atoms with E-state index in [2.05, 4.69) is 29.6 Å². The van der Waals surface area contributed by atoms with Crippen LogP contribution in [0.25, 0.3) is 0 Å². The summed E-state index contributed by atoms with van der Waals surface area (Å²) >= 11 is 0.